The monoisotopic (exact) mass is 479 g/mol. The number of amides is 1. The Labute approximate surface area is 169 Å². The smallest absolute Gasteiger partial charge is 0.306 e. The highest BCUT2D eigenvalue weighted by Crippen LogP contribution is 2.19. The summed E-state index contributed by atoms with van der Waals surface area (Å²) in [6.07, 6.45) is 5.01. The zero-order chi connectivity index (χ0) is 18.2. The van der Waals surface area contributed by atoms with Gasteiger partial charge in [-0.1, -0.05) is 0 Å². The Hall–Kier alpha value is -1.92. The lowest BCUT2D eigenvalue weighted by Crippen LogP contribution is -2.47. The molecule has 0 radical (unpaired) electrons. The van der Waals surface area contributed by atoms with Crippen LogP contribution >= 0.6 is 24.0 Å². The van der Waals surface area contributed by atoms with Gasteiger partial charge in [0.05, 0.1) is 18.0 Å². The quantitative estimate of drug-likeness (QED) is 0.197. The molecule has 1 aliphatic heterocycles. The van der Waals surface area contributed by atoms with Crippen molar-refractivity contribution in [3.63, 3.8) is 0 Å². The number of carbonyl (C=O) groups is 1. The first-order valence-electron chi connectivity index (χ1n) is 8.48. The predicted molar refractivity (Wildman–Crippen MR) is 108 cm³/mol. The molecule has 10 nitrogen and oxygen atoms in total. The summed E-state index contributed by atoms with van der Waals surface area (Å²) in [7, 11) is 0. The van der Waals surface area contributed by atoms with Gasteiger partial charge >= 0.3 is 5.69 Å². The molecule has 0 saturated carbocycles. The van der Waals surface area contributed by atoms with Crippen LogP contribution in [0.4, 0.5) is 5.69 Å². The molecule has 1 unspecified atom stereocenters. The van der Waals surface area contributed by atoms with Crippen molar-refractivity contribution in [1.29, 1.82) is 0 Å². The molecule has 1 fully saturated rings. The molecule has 0 aromatic carbocycles. The molecule has 1 amide bonds. The van der Waals surface area contributed by atoms with Crippen LogP contribution in [-0.4, -0.2) is 57.6 Å². The Bertz CT molecular complexity index is 635. The van der Waals surface area contributed by atoms with Gasteiger partial charge in [0.1, 0.15) is 12.4 Å². The molecule has 0 spiro atoms. The third-order valence-corrected chi connectivity index (χ3v) is 4.06. The van der Waals surface area contributed by atoms with Gasteiger partial charge < -0.3 is 16.0 Å². The fraction of sp³-hybridized carbons (Fsp3) is 0.667. The van der Waals surface area contributed by atoms with E-state index in [1.165, 1.54) is 17.1 Å². The summed E-state index contributed by atoms with van der Waals surface area (Å²) in [5.41, 5.74) is 5.28. The molecule has 1 aromatic rings. The number of piperidine rings is 1. The Balaban J connectivity index is 0.00000338. The fourth-order valence-electron chi connectivity index (χ4n) is 2.96. The van der Waals surface area contributed by atoms with Crippen molar-refractivity contribution in [3.8, 4) is 0 Å². The minimum atomic E-state index is -0.469. The largest absolute Gasteiger partial charge is 0.370 e. The van der Waals surface area contributed by atoms with E-state index in [-0.39, 0.29) is 41.5 Å². The Kier molecular flexibility index (Phi) is 9.30. The van der Waals surface area contributed by atoms with E-state index >= 15 is 0 Å². The number of rotatable bonds is 7. The number of hydrogen-bond acceptors (Lipinski definition) is 5. The maximum Gasteiger partial charge on any atom is 0.306 e. The molecule has 1 aromatic heterocycles. The summed E-state index contributed by atoms with van der Waals surface area (Å²) in [6, 6.07) is 0. The van der Waals surface area contributed by atoms with Crippen LogP contribution in [0.25, 0.3) is 0 Å². The number of aliphatic imine (C=N–C) groups is 1. The lowest BCUT2D eigenvalue weighted by molar-refractivity contribution is -0.385. The third kappa shape index (κ3) is 6.77. The second-order valence-electron chi connectivity index (χ2n) is 6.08. The van der Waals surface area contributed by atoms with Gasteiger partial charge in [-0.15, -0.1) is 24.0 Å². The number of primary amides is 1. The summed E-state index contributed by atoms with van der Waals surface area (Å²) >= 11 is 0. The Morgan fingerprint density at radius 3 is 2.96 bits per heavy atom. The van der Waals surface area contributed by atoms with Crippen LogP contribution in [0.5, 0.6) is 0 Å². The molecular formula is C15H26IN7O3. The van der Waals surface area contributed by atoms with Crippen LogP contribution in [0.3, 0.4) is 0 Å². The van der Waals surface area contributed by atoms with Gasteiger partial charge in [-0.25, -0.2) is 0 Å². The zero-order valence-electron chi connectivity index (χ0n) is 14.8. The highest BCUT2D eigenvalue weighted by atomic mass is 127. The van der Waals surface area contributed by atoms with Crippen molar-refractivity contribution in [1.82, 2.24) is 20.0 Å². The summed E-state index contributed by atoms with van der Waals surface area (Å²) < 4.78 is 1.51. The van der Waals surface area contributed by atoms with Crippen molar-refractivity contribution in [2.24, 2.45) is 16.6 Å². The third-order valence-electron chi connectivity index (χ3n) is 4.06. The highest BCUT2D eigenvalue weighted by molar-refractivity contribution is 14.0. The van der Waals surface area contributed by atoms with E-state index in [1.54, 1.807) is 0 Å². The molecule has 2 rings (SSSR count). The van der Waals surface area contributed by atoms with Gasteiger partial charge in [0.2, 0.25) is 5.91 Å². The second-order valence-corrected chi connectivity index (χ2v) is 6.08. The van der Waals surface area contributed by atoms with Gasteiger partial charge in [-0.2, -0.15) is 5.10 Å². The number of aromatic nitrogens is 2. The lowest BCUT2D eigenvalue weighted by atomic mass is 9.95. The Morgan fingerprint density at radius 1 is 1.58 bits per heavy atom. The van der Waals surface area contributed by atoms with Gasteiger partial charge in [-0.3, -0.25) is 24.6 Å². The van der Waals surface area contributed by atoms with E-state index in [9.17, 15) is 14.9 Å². The molecular weight excluding hydrogens is 453 g/mol. The van der Waals surface area contributed by atoms with Crippen LogP contribution < -0.4 is 11.1 Å². The van der Waals surface area contributed by atoms with Gasteiger partial charge in [0.25, 0.3) is 0 Å². The van der Waals surface area contributed by atoms with E-state index in [0.717, 1.165) is 38.4 Å². The molecule has 1 aliphatic rings. The predicted octanol–water partition coefficient (Wildman–Crippen LogP) is 0.962. The number of likely N-dealkylation sites (tertiary alicyclic amines) is 1. The average Bonchev–Trinajstić information content (AvgIpc) is 3.03. The SMILES string of the molecule is CCNC(=NCCn1cc([N+](=O)[O-])cn1)N1CCCC(CC(N)=O)C1.I. The number of nitro groups is 1. The van der Waals surface area contributed by atoms with E-state index in [0.29, 0.717) is 19.5 Å². The molecule has 1 atom stereocenters. The first-order chi connectivity index (χ1) is 12.0. The van der Waals surface area contributed by atoms with Crippen molar-refractivity contribution < 1.29 is 9.72 Å². The molecule has 11 heteroatoms. The fourth-order valence-corrected chi connectivity index (χ4v) is 2.96. The van der Waals surface area contributed by atoms with Crippen LogP contribution in [-0.2, 0) is 11.3 Å². The first-order valence-corrected chi connectivity index (χ1v) is 8.48. The van der Waals surface area contributed by atoms with Gasteiger partial charge in [0.15, 0.2) is 5.96 Å². The van der Waals surface area contributed by atoms with Crippen molar-refractivity contribution >= 4 is 41.5 Å². The topological polar surface area (TPSA) is 132 Å². The van der Waals surface area contributed by atoms with Crippen LogP contribution in [0.15, 0.2) is 17.4 Å². The minimum absolute atomic E-state index is 0. The second kappa shape index (κ2) is 10.9. The summed E-state index contributed by atoms with van der Waals surface area (Å²) in [4.78, 5) is 28.1. The summed E-state index contributed by atoms with van der Waals surface area (Å²) in [5.74, 6) is 0.774. The number of carbonyl (C=O) groups excluding carboxylic acids is 1. The van der Waals surface area contributed by atoms with Gasteiger partial charge in [0, 0.05) is 26.1 Å². The van der Waals surface area contributed by atoms with Crippen LogP contribution in [0.2, 0.25) is 0 Å². The van der Waals surface area contributed by atoms with Crippen LogP contribution in [0, 0.1) is 16.0 Å². The number of nitrogens with one attached hydrogen (secondary N) is 1. The van der Waals surface area contributed by atoms with Crippen LogP contribution in [0.1, 0.15) is 26.2 Å². The molecule has 2 heterocycles. The summed E-state index contributed by atoms with van der Waals surface area (Å²) in [6.45, 7) is 5.29. The molecule has 0 bridgehead atoms. The maximum absolute atomic E-state index is 11.1. The Morgan fingerprint density at radius 2 is 2.35 bits per heavy atom. The van der Waals surface area contributed by atoms with E-state index in [4.69, 9.17) is 5.73 Å². The molecule has 26 heavy (non-hydrogen) atoms. The molecule has 3 N–H and O–H groups in total. The van der Waals surface area contributed by atoms with Crippen molar-refractivity contribution in [3.05, 3.63) is 22.5 Å². The number of hydrogen-bond donors (Lipinski definition) is 2. The van der Waals surface area contributed by atoms with Crippen molar-refractivity contribution in [2.75, 3.05) is 26.2 Å². The highest BCUT2D eigenvalue weighted by Gasteiger charge is 2.23. The molecule has 146 valence electrons. The zero-order valence-corrected chi connectivity index (χ0v) is 17.2. The standard InChI is InChI=1S/C15H25N7O3.HI/c1-2-17-15(20-6-3-4-12(10-20)8-14(16)23)18-5-7-21-11-13(9-19-21)22(24)25;/h9,11-12H,2-8,10H2,1H3,(H2,16,23)(H,17,18);1H. The minimum Gasteiger partial charge on any atom is -0.370 e. The number of nitrogens with two attached hydrogens (primary N) is 1. The number of guanidine groups is 1. The maximum atomic E-state index is 11.1. The molecule has 1 saturated heterocycles. The number of halogens is 1. The van der Waals surface area contributed by atoms with E-state index < -0.39 is 4.92 Å². The number of nitrogens with zero attached hydrogens (tertiary/aromatic N) is 5. The normalized spacial score (nSPS) is 17.5. The van der Waals surface area contributed by atoms with Gasteiger partial charge in [-0.05, 0) is 25.7 Å². The van der Waals surface area contributed by atoms with Crippen molar-refractivity contribution in [2.45, 2.75) is 32.7 Å². The van der Waals surface area contributed by atoms with E-state index in [1.807, 2.05) is 6.92 Å². The first kappa shape index (κ1) is 22.1. The van der Waals surface area contributed by atoms with E-state index in [2.05, 4.69) is 20.3 Å². The summed E-state index contributed by atoms with van der Waals surface area (Å²) in [5, 5.41) is 17.9. The lowest BCUT2D eigenvalue weighted by Gasteiger charge is -2.34. The molecule has 0 aliphatic carbocycles. The average molecular weight is 479 g/mol.